The van der Waals surface area contributed by atoms with Gasteiger partial charge in [-0.3, -0.25) is 4.21 Å². The van der Waals surface area contributed by atoms with Crippen molar-refractivity contribution in [1.29, 1.82) is 0 Å². The van der Waals surface area contributed by atoms with Crippen LogP contribution in [0.25, 0.3) is 0 Å². The SMILES string of the molecule is CS(=O)c1ncc(Br)c(C(F)(F)F)n1. The van der Waals surface area contributed by atoms with Crippen LogP contribution in [0.15, 0.2) is 15.8 Å². The summed E-state index contributed by atoms with van der Waals surface area (Å²) in [5, 5.41) is -0.333. The van der Waals surface area contributed by atoms with Crippen molar-refractivity contribution in [3.63, 3.8) is 0 Å². The lowest BCUT2D eigenvalue weighted by Crippen LogP contribution is -2.12. The molecule has 0 spiro atoms. The van der Waals surface area contributed by atoms with Crippen LogP contribution in [-0.4, -0.2) is 20.4 Å². The highest BCUT2D eigenvalue weighted by atomic mass is 79.9. The molecule has 1 heterocycles. The first-order chi connectivity index (χ1) is 6.32. The molecule has 0 saturated carbocycles. The van der Waals surface area contributed by atoms with Crippen LogP contribution in [0.4, 0.5) is 13.2 Å². The summed E-state index contributed by atoms with van der Waals surface area (Å²) in [7, 11) is -1.63. The highest BCUT2D eigenvalue weighted by molar-refractivity contribution is 9.10. The molecule has 0 radical (unpaired) electrons. The van der Waals surface area contributed by atoms with Gasteiger partial charge in [-0.05, 0) is 15.9 Å². The molecule has 1 rings (SSSR count). The second-order valence-corrected chi connectivity index (χ2v) is 4.43. The molecule has 1 aromatic rings. The second-order valence-electron chi connectivity index (χ2n) is 2.30. The van der Waals surface area contributed by atoms with Gasteiger partial charge in [0.15, 0.2) is 5.69 Å². The van der Waals surface area contributed by atoms with Crippen LogP contribution >= 0.6 is 15.9 Å². The molecule has 0 aliphatic heterocycles. The Hall–Kier alpha value is -0.500. The fourth-order valence-corrected chi connectivity index (χ4v) is 1.53. The second kappa shape index (κ2) is 3.93. The molecule has 8 heteroatoms. The average molecular weight is 289 g/mol. The number of rotatable bonds is 1. The van der Waals surface area contributed by atoms with E-state index in [4.69, 9.17) is 0 Å². The van der Waals surface area contributed by atoms with E-state index in [0.29, 0.717) is 0 Å². The molecule has 0 aliphatic rings. The van der Waals surface area contributed by atoms with E-state index in [1.54, 1.807) is 0 Å². The summed E-state index contributed by atoms with van der Waals surface area (Å²) in [5.74, 6) is 0. The van der Waals surface area contributed by atoms with Gasteiger partial charge in [-0.1, -0.05) is 0 Å². The summed E-state index contributed by atoms with van der Waals surface area (Å²) >= 11 is 2.67. The van der Waals surface area contributed by atoms with Crippen LogP contribution in [-0.2, 0) is 17.0 Å². The summed E-state index contributed by atoms with van der Waals surface area (Å²) in [6.07, 6.45) is -2.42. The summed E-state index contributed by atoms with van der Waals surface area (Å²) in [6.45, 7) is 0. The molecule has 0 amide bonds. The number of nitrogens with zero attached hydrogens (tertiary/aromatic N) is 2. The highest BCUT2D eigenvalue weighted by Crippen LogP contribution is 2.32. The molecule has 0 saturated heterocycles. The van der Waals surface area contributed by atoms with Gasteiger partial charge in [0.1, 0.15) is 0 Å². The molecule has 1 aromatic heterocycles. The van der Waals surface area contributed by atoms with Gasteiger partial charge in [0.25, 0.3) is 0 Å². The van der Waals surface area contributed by atoms with Crippen LogP contribution in [0.3, 0.4) is 0 Å². The van der Waals surface area contributed by atoms with Crippen molar-refractivity contribution in [3.8, 4) is 0 Å². The van der Waals surface area contributed by atoms with Gasteiger partial charge in [0.2, 0.25) is 5.16 Å². The van der Waals surface area contributed by atoms with Crippen molar-refractivity contribution in [2.24, 2.45) is 0 Å². The van der Waals surface area contributed by atoms with E-state index in [1.807, 2.05) is 0 Å². The molecule has 0 fully saturated rings. The zero-order valence-electron chi connectivity index (χ0n) is 6.80. The molecule has 0 aromatic carbocycles. The smallest absolute Gasteiger partial charge is 0.251 e. The van der Waals surface area contributed by atoms with Gasteiger partial charge in [-0.25, -0.2) is 9.97 Å². The van der Waals surface area contributed by atoms with Gasteiger partial charge in [0, 0.05) is 12.5 Å². The fourth-order valence-electron chi connectivity index (χ4n) is 0.688. The highest BCUT2D eigenvalue weighted by Gasteiger charge is 2.35. The van der Waals surface area contributed by atoms with Crippen LogP contribution in [0.1, 0.15) is 5.69 Å². The van der Waals surface area contributed by atoms with Crippen molar-refractivity contribution < 1.29 is 17.4 Å². The Morgan fingerprint density at radius 2 is 2.07 bits per heavy atom. The fraction of sp³-hybridized carbons (Fsp3) is 0.333. The summed E-state index contributed by atoms with van der Waals surface area (Å²) in [5.41, 5.74) is -1.11. The maximum Gasteiger partial charge on any atom is 0.434 e. The summed E-state index contributed by atoms with van der Waals surface area (Å²) in [4.78, 5) is 6.65. The number of aromatic nitrogens is 2. The van der Waals surface area contributed by atoms with Gasteiger partial charge in [-0.2, -0.15) is 13.2 Å². The van der Waals surface area contributed by atoms with Crippen LogP contribution in [0.2, 0.25) is 0 Å². The Balaban J connectivity index is 3.29. The maximum atomic E-state index is 12.3. The Kier molecular flexibility index (Phi) is 3.25. The first-order valence-electron chi connectivity index (χ1n) is 3.25. The van der Waals surface area contributed by atoms with Gasteiger partial charge < -0.3 is 0 Å². The lowest BCUT2D eigenvalue weighted by Gasteiger charge is -2.07. The van der Waals surface area contributed by atoms with Gasteiger partial charge in [0.05, 0.1) is 15.3 Å². The zero-order valence-corrected chi connectivity index (χ0v) is 9.20. The van der Waals surface area contributed by atoms with Crippen molar-refractivity contribution in [1.82, 2.24) is 9.97 Å². The molecule has 0 bridgehead atoms. The number of alkyl halides is 3. The third-order valence-electron chi connectivity index (χ3n) is 1.25. The van der Waals surface area contributed by atoms with E-state index >= 15 is 0 Å². The predicted octanol–water partition coefficient (Wildman–Crippen LogP) is 2.00. The van der Waals surface area contributed by atoms with Gasteiger partial charge in [-0.15, -0.1) is 0 Å². The summed E-state index contributed by atoms with van der Waals surface area (Å²) in [6, 6.07) is 0. The quantitative estimate of drug-likeness (QED) is 0.743. The number of hydrogen-bond acceptors (Lipinski definition) is 3. The van der Waals surface area contributed by atoms with Crippen LogP contribution in [0, 0.1) is 0 Å². The van der Waals surface area contributed by atoms with Crippen LogP contribution < -0.4 is 0 Å². The van der Waals surface area contributed by atoms with E-state index in [2.05, 4.69) is 25.9 Å². The lowest BCUT2D eigenvalue weighted by atomic mass is 10.4. The molecular formula is C6H4BrF3N2OS. The standard InChI is InChI=1S/C6H4BrF3N2OS/c1-14(13)5-11-2-3(7)4(12-5)6(8,9)10/h2H,1H3. The van der Waals surface area contributed by atoms with Gasteiger partial charge >= 0.3 is 6.18 Å². The summed E-state index contributed by atoms with van der Waals surface area (Å²) < 4.78 is 47.4. The van der Waals surface area contributed by atoms with E-state index in [-0.39, 0.29) is 9.63 Å². The van der Waals surface area contributed by atoms with E-state index in [9.17, 15) is 17.4 Å². The minimum Gasteiger partial charge on any atom is -0.251 e. The molecule has 0 N–H and O–H groups in total. The van der Waals surface area contributed by atoms with Crippen molar-refractivity contribution in [2.75, 3.05) is 6.26 Å². The van der Waals surface area contributed by atoms with Crippen molar-refractivity contribution in [3.05, 3.63) is 16.4 Å². The first kappa shape index (κ1) is 11.6. The van der Waals surface area contributed by atoms with Crippen molar-refractivity contribution >= 4 is 26.7 Å². The first-order valence-corrected chi connectivity index (χ1v) is 5.60. The normalized spacial score (nSPS) is 14.1. The van der Waals surface area contributed by atoms with Crippen molar-refractivity contribution in [2.45, 2.75) is 11.3 Å². The molecule has 1 unspecified atom stereocenters. The molecule has 3 nitrogen and oxygen atoms in total. The minimum absolute atomic E-state index is 0.265. The topological polar surface area (TPSA) is 42.9 Å². The Bertz CT molecular complexity index is 382. The third-order valence-corrected chi connectivity index (χ3v) is 2.54. The van der Waals surface area contributed by atoms with E-state index in [1.165, 1.54) is 6.26 Å². The Morgan fingerprint density at radius 1 is 1.50 bits per heavy atom. The minimum atomic E-state index is -4.57. The lowest BCUT2D eigenvalue weighted by molar-refractivity contribution is -0.142. The third kappa shape index (κ3) is 2.50. The largest absolute Gasteiger partial charge is 0.434 e. The van der Waals surface area contributed by atoms with E-state index in [0.717, 1.165) is 6.20 Å². The molecule has 0 aliphatic carbocycles. The monoisotopic (exact) mass is 288 g/mol. The Morgan fingerprint density at radius 3 is 2.50 bits per heavy atom. The molecule has 78 valence electrons. The maximum absolute atomic E-state index is 12.3. The average Bonchev–Trinajstić information content (AvgIpc) is 2.02. The number of halogens is 4. The predicted molar refractivity (Wildman–Crippen MR) is 47.1 cm³/mol. The van der Waals surface area contributed by atoms with Crippen LogP contribution in [0.5, 0.6) is 0 Å². The Labute approximate surface area is 88.3 Å². The molecule has 14 heavy (non-hydrogen) atoms. The number of hydrogen-bond donors (Lipinski definition) is 0. The molecular weight excluding hydrogens is 285 g/mol. The van der Waals surface area contributed by atoms with E-state index < -0.39 is 22.7 Å². The molecule has 1 atom stereocenters. The zero-order chi connectivity index (χ0) is 10.9.